The molecule has 156 valence electrons. The maximum atomic E-state index is 12.9. The van der Waals surface area contributed by atoms with Crippen molar-refractivity contribution in [3.05, 3.63) is 41.8 Å². The molecule has 2 aromatic heterocycles. The number of rotatable bonds is 6. The van der Waals surface area contributed by atoms with Crippen LogP contribution in [-0.2, 0) is 26.7 Å². The predicted octanol–water partition coefficient (Wildman–Crippen LogP) is 0.814. The summed E-state index contributed by atoms with van der Waals surface area (Å²) in [5.41, 5.74) is 0.397. The van der Waals surface area contributed by atoms with Crippen molar-refractivity contribution in [1.29, 1.82) is 0 Å². The number of nitrogens with one attached hydrogen (secondary N) is 1. The summed E-state index contributed by atoms with van der Waals surface area (Å²) in [5.74, 6) is 1.17. The van der Waals surface area contributed by atoms with E-state index in [1.165, 1.54) is 0 Å². The highest BCUT2D eigenvalue weighted by Gasteiger charge is 2.58. The molecule has 0 aromatic carbocycles. The Morgan fingerprint density at radius 2 is 2.14 bits per heavy atom. The van der Waals surface area contributed by atoms with Crippen LogP contribution in [0.25, 0.3) is 0 Å². The zero-order valence-electron chi connectivity index (χ0n) is 16.5. The van der Waals surface area contributed by atoms with Crippen LogP contribution in [-0.4, -0.2) is 59.2 Å². The van der Waals surface area contributed by atoms with Gasteiger partial charge in [-0.25, -0.2) is 13.1 Å². The summed E-state index contributed by atoms with van der Waals surface area (Å²) in [7, 11) is -3.31. The Bertz CT molecular complexity index is 993. The summed E-state index contributed by atoms with van der Waals surface area (Å²) in [6.07, 6.45) is 4.83. The predicted molar refractivity (Wildman–Crippen MR) is 104 cm³/mol. The van der Waals surface area contributed by atoms with Gasteiger partial charge in [0.05, 0.1) is 17.6 Å². The lowest BCUT2D eigenvalue weighted by Crippen LogP contribution is -2.40. The van der Waals surface area contributed by atoms with E-state index in [-0.39, 0.29) is 23.6 Å². The molecule has 1 N–H and O–H groups in total. The molecular weight excluding hydrogens is 394 g/mol. The molecule has 2 aliphatic rings. The summed E-state index contributed by atoms with van der Waals surface area (Å²) >= 11 is 0. The van der Waals surface area contributed by atoms with Gasteiger partial charge >= 0.3 is 0 Å². The van der Waals surface area contributed by atoms with Crippen LogP contribution >= 0.6 is 0 Å². The molecule has 1 aliphatic heterocycles. The van der Waals surface area contributed by atoms with Gasteiger partial charge in [-0.1, -0.05) is 5.16 Å². The van der Waals surface area contributed by atoms with E-state index in [1.54, 1.807) is 26.2 Å². The van der Waals surface area contributed by atoms with Gasteiger partial charge in [0.15, 0.2) is 5.82 Å². The second-order valence-corrected chi connectivity index (χ2v) is 10.0. The first-order valence-electron chi connectivity index (χ1n) is 9.79. The quantitative estimate of drug-likeness (QED) is 0.736. The minimum atomic E-state index is -3.31. The number of hydrogen-bond acceptors (Lipinski definition) is 7. The molecule has 10 heteroatoms. The van der Waals surface area contributed by atoms with E-state index >= 15 is 0 Å². The first-order valence-corrected chi connectivity index (χ1v) is 11.4. The van der Waals surface area contributed by atoms with Crippen LogP contribution in [0.3, 0.4) is 0 Å². The van der Waals surface area contributed by atoms with Crippen LogP contribution < -0.4 is 4.72 Å². The Balaban J connectivity index is 1.56. The minimum Gasteiger partial charge on any atom is -0.341 e. The fraction of sp³-hybridized carbons (Fsp3) is 0.579. The summed E-state index contributed by atoms with van der Waals surface area (Å²) in [6.45, 7) is 4.38. The molecule has 3 heterocycles. The maximum Gasteiger partial charge on any atom is 0.235 e. The monoisotopic (exact) mass is 419 g/mol. The van der Waals surface area contributed by atoms with Crippen molar-refractivity contribution in [3.8, 4) is 0 Å². The summed E-state index contributed by atoms with van der Waals surface area (Å²) < 4.78 is 32.4. The number of carbonyl (C=O) groups is 1. The fourth-order valence-electron chi connectivity index (χ4n) is 4.61. The Labute approximate surface area is 169 Å². The number of likely N-dealkylation sites (tertiary alicyclic amines) is 1. The van der Waals surface area contributed by atoms with E-state index in [2.05, 4.69) is 19.8 Å². The smallest absolute Gasteiger partial charge is 0.235 e. The summed E-state index contributed by atoms with van der Waals surface area (Å²) in [5, 5.41) is 3.93. The first-order chi connectivity index (χ1) is 13.8. The van der Waals surface area contributed by atoms with Gasteiger partial charge in [-0.3, -0.25) is 9.78 Å². The maximum absolute atomic E-state index is 12.9. The second-order valence-electron chi connectivity index (χ2n) is 7.96. The molecular formula is C19H25N5O4S. The molecule has 1 amide bonds. The van der Waals surface area contributed by atoms with Crippen LogP contribution in [0.4, 0.5) is 0 Å². The number of hydrogen-bond donors (Lipinski definition) is 1. The van der Waals surface area contributed by atoms with Gasteiger partial charge in [0.1, 0.15) is 0 Å². The molecule has 0 bridgehead atoms. The van der Waals surface area contributed by atoms with Crippen molar-refractivity contribution < 1.29 is 17.7 Å². The van der Waals surface area contributed by atoms with Gasteiger partial charge in [-0.05, 0) is 50.3 Å². The SMILES string of the molecule is CCS(=O)(=O)N[C@@H]1C[C@H]2CN(C(=O)Cc3ccncc3)C[C@@]2(c2nc(C)no2)C1. The summed E-state index contributed by atoms with van der Waals surface area (Å²) in [6, 6.07) is 3.47. The van der Waals surface area contributed by atoms with Gasteiger partial charge in [-0.2, -0.15) is 4.98 Å². The number of nitrogens with zero attached hydrogens (tertiary/aromatic N) is 4. The van der Waals surface area contributed by atoms with E-state index in [4.69, 9.17) is 4.52 Å². The molecule has 9 nitrogen and oxygen atoms in total. The van der Waals surface area contributed by atoms with Crippen molar-refractivity contribution in [1.82, 2.24) is 24.7 Å². The Hall–Kier alpha value is -2.33. The Morgan fingerprint density at radius 1 is 1.38 bits per heavy atom. The topological polar surface area (TPSA) is 118 Å². The van der Waals surface area contributed by atoms with Crippen molar-refractivity contribution in [2.24, 2.45) is 5.92 Å². The number of aromatic nitrogens is 3. The van der Waals surface area contributed by atoms with Crippen LogP contribution in [0.15, 0.2) is 29.0 Å². The van der Waals surface area contributed by atoms with E-state index in [0.29, 0.717) is 44.1 Å². The highest BCUT2D eigenvalue weighted by molar-refractivity contribution is 7.89. The third-order valence-corrected chi connectivity index (χ3v) is 7.46. The highest BCUT2D eigenvalue weighted by atomic mass is 32.2. The molecule has 0 radical (unpaired) electrons. The van der Waals surface area contributed by atoms with Crippen LogP contribution in [0.2, 0.25) is 0 Å². The van der Waals surface area contributed by atoms with E-state index in [9.17, 15) is 13.2 Å². The van der Waals surface area contributed by atoms with Gasteiger partial charge in [0.25, 0.3) is 0 Å². The molecule has 4 rings (SSSR count). The van der Waals surface area contributed by atoms with Crippen molar-refractivity contribution in [2.75, 3.05) is 18.8 Å². The number of fused-ring (bicyclic) bond motifs is 1. The average molecular weight is 420 g/mol. The molecule has 0 unspecified atom stereocenters. The minimum absolute atomic E-state index is 0.0342. The van der Waals surface area contributed by atoms with Gasteiger partial charge in [-0.15, -0.1) is 0 Å². The number of pyridine rings is 1. The van der Waals surface area contributed by atoms with Gasteiger partial charge in [0.2, 0.25) is 21.8 Å². The lowest BCUT2D eigenvalue weighted by atomic mass is 9.80. The fourth-order valence-corrected chi connectivity index (χ4v) is 5.46. The van der Waals surface area contributed by atoms with E-state index in [0.717, 1.165) is 5.56 Å². The van der Waals surface area contributed by atoms with E-state index < -0.39 is 15.4 Å². The van der Waals surface area contributed by atoms with Gasteiger partial charge in [0, 0.05) is 31.5 Å². The van der Waals surface area contributed by atoms with E-state index in [1.807, 2.05) is 17.0 Å². The zero-order chi connectivity index (χ0) is 20.6. The zero-order valence-corrected chi connectivity index (χ0v) is 17.4. The van der Waals surface area contributed by atoms with Gasteiger partial charge < -0.3 is 9.42 Å². The average Bonchev–Trinajstić information content (AvgIpc) is 3.35. The van der Waals surface area contributed by atoms with Crippen LogP contribution in [0.1, 0.15) is 37.0 Å². The molecule has 2 aromatic rings. The number of amides is 1. The second kappa shape index (κ2) is 7.49. The first kappa shape index (κ1) is 20.0. The normalized spacial score (nSPS) is 26.6. The lowest BCUT2D eigenvalue weighted by Gasteiger charge is -2.25. The molecule has 0 spiro atoms. The molecule has 1 aliphatic carbocycles. The largest absolute Gasteiger partial charge is 0.341 e. The number of sulfonamides is 1. The Kier molecular flexibility index (Phi) is 5.16. The Morgan fingerprint density at radius 3 is 2.79 bits per heavy atom. The van der Waals surface area contributed by atoms with Crippen molar-refractivity contribution >= 4 is 15.9 Å². The summed E-state index contributed by atoms with van der Waals surface area (Å²) in [4.78, 5) is 23.2. The highest BCUT2D eigenvalue weighted by Crippen LogP contribution is 2.50. The van der Waals surface area contributed by atoms with Crippen LogP contribution in [0, 0.1) is 12.8 Å². The molecule has 29 heavy (non-hydrogen) atoms. The lowest BCUT2D eigenvalue weighted by molar-refractivity contribution is -0.129. The number of aryl methyl sites for hydroxylation is 1. The third-order valence-electron chi connectivity index (χ3n) is 6.01. The van der Waals surface area contributed by atoms with Crippen molar-refractivity contribution in [2.45, 2.75) is 44.6 Å². The molecule has 1 saturated heterocycles. The molecule has 2 fully saturated rings. The van der Waals surface area contributed by atoms with Crippen molar-refractivity contribution in [3.63, 3.8) is 0 Å². The molecule has 3 atom stereocenters. The van der Waals surface area contributed by atoms with Crippen LogP contribution in [0.5, 0.6) is 0 Å². The molecule has 1 saturated carbocycles. The standard InChI is InChI=1S/C19H25N5O4S/c1-3-29(26,27)23-16-9-15-11-24(17(25)8-14-4-6-20-7-5-14)12-19(15,10-16)18-21-13(2)22-28-18/h4-7,15-16,23H,3,8-12H2,1-2H3/t15-,16+,19-/m0/s1. The number of carbonyl (C=O) groups excluding carboxylic acids is 1. The third kappa shape index (κ3) is 3.91.